The van der Waals surface area contributed by atoms with Crippen LogP contribution >= 0.6 is 27.7 Å². The summed E-state index contributed by atoms with van der Waals surface area (Å²) < 4.78 is 1.09. The lowest BCUT2D eigenvalue weighted by Gasteiger charge is -2.04. The number of nitrogens with one attached hydrogen (secondary N) is 2. The molecule has 1 aromatic carbocycles. The number of hydrogen-bond acceptors (Lipinski definition) is 4. The molecule has 0 radical (unpaired) electrons. The van der Waals surface area contributed by atoms with Crippen LogP contribution < -0.4 is 5.32 Å². The minimum Gasteiger partial charge on any atom is -0.384 e. The van der Waals surface area contributed by atoms with Crippen molar-refractivity contribution in [3.8, 4) is 0 Å². The third-order valence-corrected chi connectivity index (χ3v) is 3.46. The number of aromatic nitrogens is 3. The van der Waals surface area contributed by atoms with Crippen LogP contribution in [0.15, 0.2) is 33.9 Å². The highest BCUT2D eigenvalue weighted by Gasteiger charge is 1.99. The van der Waals surface area contributed by atoms with Gasteiger partial charge in [0.2, 0.25) is 5.16 Å². The van der Waals surface area contributed by atoms with Crippen molar-refractivity contribution in [2.45, 2.75) is 12.1 Å². The zero-order valence-corrected chi connectivity index (χ0v) is 11.8. The molecule has 0 fully saturated rings. The van der Waals surface area contributed by atoms with E-state index in [0.717, 1.165) is 33.4 Å². The van der Waals surface area contributed by atoms with Crippen LogP contribution in [0.3, 0.4) is 0 Å². The molecule has 1 aromatic heterocycles. The fourth-order valence-electron chi connectivity index (χ4n) is 1.29. The van der Waals surface area contributed by atoms with Crippen molar-refractivity contribution in [2.24, 2.45) is 0 Å². The maximum Gasteiger partial charge on any atom is 0.208 e. The van der Waals surface area contributed by atoms with Crippen molar-refractivity contribution in [3.63, 3.8) is 0 Å². The first kappa shape index (κ1) is 12.4. The van der Waals surface area contributed by atoms with Crippen molar-refractivity contribution in [2.75, 3.05) is 17.6 Å². The zero-order valence-electron chi connectivity index (χ0n) is 9.40. The van der Waals surface area contributed by atoms with Gasteiger partial charge in [0.25, 0.3) is 0 Å². The smallest absolute Gasteiger partial charge is 0.208 e. The summed E-state index contributed by atoms with van der Waals surface area (Å²) in [4.78, 5) is 4.23. The molecule has 2 N–H and O–H groups in total. The van der Waals surface area contributed by atoms with Crippen LogP contribution in [0.25, 0.3) is 0 Å². The Morgan fingerprint density at radius 1 is 1.35 bits per heavy atom. The highest BCUT2D eigenvalue weighted by molar-refractivity contribution is 9.10. The molecule has 1 heterocycles. The molecule has 90 valence electrons. The van der Waals surface area contributed by atoms with E-state index in [-0.39, 0.29) is 0 Å². The highest BCUT2D eigenvalue weighted by atomic mass is 79.9. The van der Waals surface area contributed by atoms with Crippen LogP contribution in [0.1, 0.15) is 5.82 Å². The zero-order chi connectivity index (χ0) is 12.1. The molecule has 0 amide bonds. The molecule has 6 heteroatoms. The van der Waals surface area contributed by atoms with Gasteiger partial charge in [-0.1, -0.05) is 27.7 Å². The van der Waals surface area contributed by atoms with Gasteiger partial charge in [-0.25, -0.2) is 4.98 Å². The third-order valence-electron chi connectivity index (χ3n) is 2.08. The highest BCUT2D eigenvalue weighted by Crippen LogP contribution is 2.15. The van der Waals surface area contributed by atoms with Crippen molar-refractivity contribution in [3.05, 3.63) is 34.6 Å². The monoisotopic (exact) mass is 312 g/mol. The topological polar surface area (TPSA) is 53.6 Å². The average Bonchev–Trinajstić information content (AvgIpc) is 2.73. The van der Waals surface area contributed by atoms with Crippen LogP contribution in [0.5, 0.6) is 0 Å². The largest absolute Gasteiger partial charge is 0.384 e. The first-order valence-electron chi connectivity index (χ1n) is 5.25. The molecule has 0 unspecified atom stereocenters. The molecule has 0 aliphatic heterocycles. The van der Waals surface area contributed by atoms with Gasteiger partial charge in [-0.3, -0.25) is 5.10 Å². The number of nitrogens with zero attached hydrogens (tertiary/aromatic N) is 2. The molecule has 0 spiro atoms. The summed E-state index contributed by atoms with van der Waals surface area (Å²) in [6, 6.07) is 8.14. The second-order valence-corrected chi connectivity index (χ2v) is 5.46. The Bertz CT molecular complexity index is 469. The number of rotatable bonds is 5. The first-order chi connectivity index (χ1) is 8.24. The van der Waals surface area contributed by atoms with E-state index in [1.54, 1.807) is 11.8 Å². The molecule has 2 aromatic rings. The van der Waals surface area contributed by atoms with Gasteiger partial charge in [0.05, 0.1) is 0 Å². The molecule has 0 atom stereocenters. The molecule has 4 nitrogen and oxygen atoms in total. The first-order valence-corrected chi connectivity index (χ1v) is 7.03. The van der Waals surface area contributed by atoms with Crippen LogP contribution in [-0.2, 0) is 0 Å². The van der Waals surface area contributed by atoms with Crippen LogP contribution in [-0.4, -0.2) is 27.5 Å². The summed E-state index contributed by atoms with van der Waals surface area (Å²) in [7, 11) is 0. The quantitative estimate of drug-likeness (QED) is 0.658. The lowest BCUT2D eigenvalue weighted by atomic mass is 10.3. The number of H-pyrrole nitrogens is 1. The number of thioether (sulfide) groups is 1. The summed E-state index contributed by atoms with van der Waals surface area (Å²) in [5.74, 6) is 1.79. The molecular weight excluding hydrogens is 300 g/mol. The van der Waals surface area contributed by atoms with Crippen LogP contribution in [0, 0.1) is 6.92 Å². The van der Waals surface area contributed by atoms with Gasteiger partial charge >= 0.3 is 0 Å². The van der Waals surface area contributed by atoms with Gasteiger partial charge in [0.1, 0.15) is 5.82 Å². The van der Waals surface area contributed by atoms with Gasteiger partial charge in [-0.2, -0.15) is 0 Å². The Hall–Kier alpha value is -1.01. The third kappa shape index (κ3) is 4.05. The van der Waals surface area contributed by atoms with E-state index in [9.17, 15) is 0 Å². The molecule has 0 aliphatic carbocycles. The van der Waals surface area contributed by atoms with E-state index >= 15 is 0 Å². The predicted molar refractivity (Wildman–Crippen MR) is 74.5 cm³/mol. The number of benzene rings is 1. The average molecular weight is 313 g/mol. The van der Waals surface area contributed by atoms with Crippen molar-refractivity contribution in [1.82, 2.24) is 15.2 Å². The van der Waals surface area contributed by atoms with E-state index in [1.165, 1.54) is 0 Å². The van der Waals surface area contributed by atoms with Crippen LogP contribution in [0.4, 0.5) is 5.69 Å². The van der Waals surface area contributed by atoms with E-state index in [1.807, 2.05) is 31.2 Å². The van der Waals surface area contributed by atoms with E-state index < -0.39 is 0 Å². The number of hydrogen-bond donors (Lipinski definition) is 2. The Kier molecular flexibility index (Phi) is 4.44. The molecule has 0 saturated carbocycles. The molecule has 17 heavy (non-hydrogen) atoms. The minimum atomic E-state index is 0.806. The Balaban J connectivity index is 1.71. The van der Waals surface area contributed by atoms with Crippen molar-refractivity contribution < 1.29 is 0 Å². The Morgan fingerprint density at radius 3 is 2.76 bits per heavy atom. The fraction of sp³-hybridized carbons (Fsp3) is 0.273. The summed E-state index contributed by atoms with van der Waals surface area (Å²) in [6.45, 7) is 2.79. The normalized spacial score (nSPS) is 10.5. The van der Waals surface area contributed by atoms with Crippen molar-refractivity contribution >= 4 is 33.4 Å². The second kappa shape index (κ2) is 6.07. The minimum absolute atomic E-state index is 0.806. The SMILES string of the molecule is Cc1nc(SCCNc2ccc(Br)cc2)n[nH]1. The summed E-state index contributed by atoms with van der Waals surface area (Å²) in [5.41, 5.74) is 1.12. The molecule has 0 aliphatic rings. The maximum absolute atomic E-state index is 4.23. The molecule has 0 bridgehead atoms. The molecular formula is C11H13BrN4S. The van der Waals surface area contributed by atoms with Crippen molar-refractivity contribution in [1.29, 1.82) is 0 Å². The predicted octanol–water partition coefficient (Wildman–Crippen LogP) is 3.08. The summed E-state index contributed by atoms with van der Waals surface area (Å²) in [5, 5.41) is 11.0. The number of anilines is 1. The summed E-state index contributed by atoms with van der Waals surface area (Å²) in [6.07, 6.45) is 0. The lowest BCUT2D eigenvalue weighted by molar-refractivity contribution is 0.968. The number of halogens is 1. The van der Waals surface area contributed by atoms with Gasteiger partial charge in [-0.15, -0.1) is 5.10 Å². The summed E-state index contributed by atoms with van der Waals surface area (Å²) >= 11 is 5.05. The van der Waals surface area contributed by atoms with E-state index in [0.29, 0.717) is 0 Å². The number of aromatic amines is 1. The Labute approximate surface area is 113 Å². The second-order valence-electron chi connectivity index (χ2n) is 3.49. The standard InChI is InChI=1S/C11H13BrN4S/c1-8-14-11(16-15-8)17-7-6-13-10-4-2-9(12)3-5-10/h2-5,13H,6-7H2,1H3,(H,14,15,16). The molecule has 2 rings (SSSR count). The van der Waals surface area contributed by atoms with Gasteiger partial charge < -0.3 is 5.32 Å². The van der Waals surface area contributed by atoms with Gasteiger partial charge in [0, 0.05) is 22.5 Å². The van der Waals surface area contributed by atoms with E-state index in [4.69, 9.17) is 0 Å². The van der Waals surface area contributed by atoms with Gasteiger partial charge in [0.15, 0.2) is 0 Å². The maximum atomic E-state index is 4.23. The van der Waals surface area contributed by atoms with E-state index in [2.05, 4.69) is 36.4 Å². The van der Waals surface area contributed by atoms with Gasteiger partial charge in [-0.05, 0) is 31.2 Å². The lowest BCUT2D eigenvalue weighted by Crippen LogP contribution is -2.03. The fourth-order valence-corrected chi connectivity index (χ4v) is 2.25. The van der Waals surface area contributed by atoms with Crippen LogP contribution in [0.2, 0.25) is 0 Å². The number of aryl methyl sites for hydroxylation is 1. The molecule has 0 saturated heterocycles. The Morgan fingerprint density at radius 2 is 2.12 bits per heavy atom.